The number of imide groups is 1. The van der Waals surface area contributed by atoms with E-state index in [-0.39, 0.29) is 31.1 Å². The van der Waals surface area contributed by atoms with Crippen LogP contribution in [0.2, 0.25) is 0 Å². The van der Waals surface area contributed by atoms with Crippen molar-refractivity contribution in [1.82, 2.24) is 4.90 Å². The number of carbonyl (C=O) groups is 3. The van der Waals surface area contributed by atoms with E-state index in [4.69, 9.17) is 9.84 Å². The van der Waals surface area contributed by atoms with E-state index in [2.05, 4.69) is 5.32 Å². The quantitative estimate of drug-likeness (QED) is 0.802. The summed E-state index contributed by atoms with van der Waals surface area (Å²) in [5.74, 6) is -0.507. The number of Topliss-reactive ketones (excluding diaryl/α,β-unsaturated/α-hetero) is 1. The molecule has 7 heteroatoms. The first-order valence-electron chi connectivity index (χ1n) is 7.62. The minimum atomic E-state index is -0.541. The van der Waals surface area contributed by atoms with Crippen LogP contribution in [0.3, 0.4) is 0 Å². The number of ether oxygens (including phenoxy) is 1. The highest BCUT2D eigenvalue weighted by Crippen LogP contribution is 2.35. The number of nitrogens with zero attached hydrogens (tertiary/aromatic N) is 1. The molecule has 0 unspecified atom stereocenters. The van der Waals surface area contributed by atoms with Gasteiger partial charge in [0.25, 0.3) is 11.8 Å². The average molecular weight is 330 g/mol. The lowest BCUT2D eigenvalue weighted by Crippen LogP contribution is -2.36. The third-order valence-corrected chi connectivity index (χ3v) is 3.86. The van der Waals surface area contributed by atoms with Crippen LogP contribution in [0.25, 0.3) is 0 Å². The van der Waals surface area contributed by atoms with Crippen LogP contribution < -0.4 is 10.1 Å². The molecule has 1 aromatic rings. The Bertz CT molecular complexity index is 766. The minimum absolute atomic E-state index is 0.0328. The molecular weight excluding hydrogens is 312 g/mol. The molecular formula is C17H18N2O5. The lowest BCUT2D eigenvalue weighted by Gasteiger charge is -2.31. The Morgan fingerprint density at radius 1 is 1.29 bits per heavy atom. The van der Waals surface area contributed by atoms with Gasteiger partial charge in [0.2, 0.25) is 0 Å². The van der Waals surface area contributed by atoms with Crippen molar-refractivity contribution < 1.29 is 24.2 Å². The fraction of sp³-hybridized carbons (Fsp3) is 0.353. The summed E-state index contributed by atoms with van der Waals surface area (Å²) in [7, 11) is 0. The standard InChI is InChI=1S/C17H18N2O5/c1-17(2)9-13(21)11-7-10(3-4-14(11)24-17)18-12-8-15(22)19(5-6-20)16(12)23/h3-4,7-8,18,20H,5-6,9H2,1-2H3. The molecule has 0 aromatic heterocycles. The molecule has 2 aliphatic heterocycles. The molecule has 0 spiro atoms. The maximum absolute atomic E-state index is 12.3. The minimum Gasteiger partial charge on any atom is -0.487 e. The number of hydrogen-bond acceptors (Lipinski definition) is 6. The average Bonchev–Trinajstić information content (AvgIpc) is 2.75. The summed E-state index contributed by atoms with van der Waals surface area (Å²) in [4.78, 5) is 37.1. The second kappa shape index (κ2) is 5.76. The summed E-state index contributed by atoms with van der Waals surface area (Å²) >= 11 is 0. The summed E-state index contributed by atoms with van der Waals surface area (Å²) in [5.41, 5.74) is 0.533. The van der Waals surface area contributed by atoms with Crippen LogP contribution in [0.1, 0.15) is 30.6 Å². The van der Waals surface area contributed by atoms with Crippen LogP contribution >= 0.6 is 0 Å². The van der Waals surface area contributed by atoms with Crippen LogP contribution in [-0.2, 0) is 9.59 Å². The van der Waals surface area contributed by atoms with Gasteiger partial charge in [0, 0.05) is 11.8 Å². The lowest BCUT2D eigenvalue weighted by atomic mass is 9.93. The van der Waals surface area contributed by atoms with Crippen molar-refractivity contribution in [3.05, 3.63) is 35.5 Å². The molecule has 126 valence electrons. The molecule has 0 saturated carbocycles. The lowest BCUT2D eigenvalue weighted by molar-refractivity contribution is -0.137. The van der Waals surface area contributed by atoms with E-state index in [1.807, 2.05) is 13.8 Å². The molecule has 0 fully saturated rings. The zero-order valence-electron chi connectivity index (χ0n) is 13.5. The fourth-order valence-electron chi connectivity index (χ4n) is 2.80. The molecule has 2 aliphatic rings. The highest BCUT2D eigenvalue weighted by molar-refractivity contribution is 6.17. The molecule has 0 aliphatic carbocycles. The number of aliphatic hydroxyl groups is 1. The van der Waals surface area contributed by atoms with E-state index in [0.717, 1.165) is 4.90 Å². The number of fused-ring (bicyclic) bond motifs is 1. The summed E-state index contributed by atoms with van der Waals surface area (Å²) in [5, 5.41) is 11.8. The van der Waals surface area contributed by atoms with Gasteiger partial charge in [-0.3, -0.25) is 19.3 Å². The third-order valence-electron chi connectivity index (χ3n) is 3.86. The number of rotatable bonds is 4. The molecule has 0 bridgehead atoms. The molecule has 2 amide bonds. The topological polar surface area (TPSA) is 95.9 Å². The third kappa shape index (κ3) is 2.90. The first-order valence-corrected chi connectivity index (χ1v) is 7.62. The van der Waals surface area contributed by atoms with Gasteiger partial charge in [0.05, 0.1) is 25.1 Å². The van der Waals surface area contributed by atoms with E-state index >= 15 is 0 Å². The van der Waals surface area contributed by atoms with Crippen LogP contribution in [0, 0.1) is 0 Å². The van der Waals surface area contributed by atoms with Gasteiger partial charge in [0.1, 0.15) is 17.0 Å². The van der Waals surface area contributed by atoms with E-state index in [9.17, 15) is 14.4 Å². The molecule has 0 atom stereocenters. The van der Waals surface area contributed by atoms with Gasteiger partial charge < -0.3 is 15.2 Å². The number of aliphatic hydroxyl groups excluding tert-OH is 1. The zero-order chi connectivity index (χ0) is 17.5. The molecule has 0 radical (unpaired) electrons. The summed E-state index contributed by atoms with van der Waals surface area (Å²) in [6, 6.07) is 4.96. The van der Waals surface area contributed by atoms with Crippen LogP contribution in [0.15, 0.2) is 30.0 Å². The first kappa shape index (κ1) is 16.2. The van der Waals surface area contributed by atoms with Gasteiger partial charge in [-0.25, -0.2) is 0 Å². The normalized spacial score (nSPS) is 19.0. The number of carbonyl (C=O) groups excluding carboxylic acids is 3. The summed E-state index contributed by atoms with van der Waals surface area (Å²) < 4.78 is 5.78. The molecule has 1 aromatic carbocycles. The van der Waals surface area contributed by atoms with Crippen LogP contribution in [-0.4, -0.2) is 46.4 Å². The van der Waals surface area contributed by atoms with Gasteiger partial charge in [-0.05, 0) is 32.0 Å². The smallest absolute Gasteiger partial charge is 0.277 e. The first-order chi connectivity index (χ1) is 11.3. The fourth-order valence-corrected chi connectivity index (χ4v) is 2.80. The van der Waals surface area contributed by atoms with Crippen molar-refractivity contribution in [3.8, 4) is 5.75 Å². The Kier molecular flexibility index (Phi) is 3.88. The van der Waals surface area contributed by atoms with Crippen molar-refractivity contribution in [2.75, 3.05) is 18.5 Å². The molecule has 3 rings (SSSR count). The Morgan fingerprint density at radius 3 is 2.75 bits per heavy atom. The van der Waals surface area contributed by atoms with Crippen molar-refractivity contribution >= 4 is 23.3 Å². The number of anilines is 1. The second-order valence-corrected chi connectivity index (χ2v) is 6.37. The number of ketones is 1. The van der Waals surface area contributed by atoms with Crippen molar-refractivity contribution in [2.45, 2.75) is 25.9 Å². The van der Waals surface area contributed by atoms with E-state index in [0.29, 0.717) is 17.0 Å². The number of hydrogen-bond donors (Lipinski definition) is 2. The van der Waals surface area contributed by atoms with Gasteiger partial charge in [-0.2, -0.15) is 0 Å². The predicted octanol–water partition coefficient (Wildman–Crippen LogP) is 1.09. The molecule has 0 saturated heterocycles. The van der Waals surface area contributed by atoms with Crippen molar-refractivity contribution in [2.24, 2.45) is 0 Å². The SMILES string of the molecule is CC1(C)CC(=O)c2cc(NC3=CC(=O)N(CCO)C3=O)ccc2O1. The van der Waals surface area contributed by atoms with E-state index in [1.165, 1.54) is 6.08 Å². The molecule has 24 heavy (non-hydrogen) atoms. The largest absolute Gasteiger partial charge is 0.487 e. The number of amides is 2. The maximum atomic E-state index is 12.3. The van der Waals surface area contributed by atoms with Crippen LogP contribution in [0.4, 0.5) is 5.69 Å². The Hall–Kier alpha value is -2.67. The van der Waals surface area contributed by atoms with Crippen molar-refractivity contribution in [3.63, 3.8) is 0 Å². The number of β-amino-alcohol motifs (C(OH)–C–C–N with tert-alkyl or cyclic N) is 1. The second-order valence-electron chi connectivity index (χ2n) is 6.37. The summed E-state index contributed by atoms with van der Waals surface area (Å²) in [6.45, 7) is 3.36. The number of benzene rings is 1. The van der Waals surface area contributed by atoms with Crippen LogP contribution in [0.5, 0.6) is 5.75 Å². The Morgan fingerprint density at radius 2 is 2.04 bits per heavy atom. The van der Waals surface area contributed by atoms with E-state index in [1.54, 1.807) is 18.2 Å². The van der Waals surface area contributed by atoms with Gasteiger partial charge in [-0.15, -0.1) is 0 Å². The summed E-state index contributed by atoms with van der Waals surface area (Å²) in [6.07, 6.45) is 1.45. The Labute approximate surface area is 138 Å². The monoisotopic (exact) mass is 330 g/mol. The zero-order valence-corrected chi connectivity index (χ0v) is 13.5. The highest BCUT2D eigenvalue weighted by Gasteiger charge is 2.33. The highest BCUT2D eigenvalue weighted by atomic mass is 16.5. The van der Waals surface area contributed by atoms with Gasteiger partial charge in [0.15, 0.2) is 5.78 Å². The number of nitrogens with one attached hydrogen (secondary N) is 1. The van der Waals surface area contributed by atoms with Gasteiger partial charge >= 0.3 is 0 Å². The maximum Gasteiger partial charge on any atom is 0.277 e. The Balaban J connectivity index is 1.82. The van der Waals surface area contributed by atoms with Gasteiger partial charge in [-0.1, -0.05) is 0 Å². The molecule has 2 N–H and O–H groups in total. The molecule has 7 nitrogen and oxygen atoms in total. The predicted molar refractivity (Wildman–Crippen MR) is 85.6 cm³/mol. The van der Waals surface area contributed by atoms with E-state index < -0.39 is 17.4 Å². The molecule has 2 heterocycles. The van der Waals surface area contributed by atoms with Crippen molar-refractivity contribution in [1.29, 1.82) is 0 Å².